The number of anilines is 1. The van der Waals surface area contributed by atoms with Gasteiger partial charge in [-0.3, -0.25) is 9.89 Å². The molecule has 1 fully saturated rings. The molecule has 1 aliphatic rings. The molecule has 0 aliphatic carbocycles. The molecule has 3 aromatic rings. The van der Waals surface area contributed by atoms with Gasteiger partial charge in [-0.25, -0.2) is 4.98 Å². The third-order valence-corrected chi connectivity index (χ3v) is 6.09. The predicted molar refractivity (Wildman–Crippen MR) is 140 cm³/mol. The summed E-state index contributed by atoms with van der Waals surface area (Å²) >= 11 is 0. The largest absolute Gasteiger partial charge is 0.493 e. The average Bonchev–Trinajstić information content (AvgIpc) is 3.34. The number of pyridine rings is 1. The Balaban J connectivity index is 1.36. The number of ether oxygens (including phenoxy) is 3. The summed E-state index contributed by atoms with van der Waals surface area (Å²) in [5.74, 6) is 2.13. The molecule has 0 spiro atoms. The number of nitrogens with one attached hydrogen (secondary N) is 1. The van der Waals surface area contributed by atoms with E-state index in [9.17, 15) is 0 Å². The lowest BCUT2D eigenvalue weighted by atomic mass is 10.1. The van der Waals surface area contributed by atoms with Crippen molar-refractivity contribution in [2.75, 3.05) is 65.8 Å². The van der Waals surface area contributed by atoms with E-state index in [-0.39, 0.29) is 0 Å². The first-order valence-corrected chi connectivity index (χ1v) is 11.8. The molecule has 0 radical (unpaired) electrons. The van der Waals surface area contributed by atoms with Crippen molar-refractivity contribution in [3.63, 3.8) is 0 Å². The van der Waals surface area contributed by atoms with E-state index in [4.69, 9.17) is 19.9 Å². The number of nitrogens with zero attached hydrogens (tertiary/aromatic N) is 4. The highest BCUT2D eigenvalue weighted by Gasteiger charge is 2.18. The Morgan fingerprint density at radius 3 is 2.74 bits per heavy atom. The molecular formula is C26H34N6O3. The lowest BCUT2D eigenvalue weighted by Crippen LogP contribution is -2.46. The first-order valence-electron chi connectivity index (χ1n) is 11.8. The topological polar surface area (TPSA) is 101 Å². The molecule has 0 unspecified atom stereocenters. The van der Waals surface area contributed by atoms with Crippen LogP contribution in [-0.2, 0) is 0 Å². The maximum atomic E-state index is 6.37. The van der Waals surface area contributed by atoms with Gasteiger partial charge in [0.2, 0.25) is 5.90 Å². The van der Waals surface area contributed by atoms with Crippen molar-refractivity contribution in [2.24, 2.45) is 4.99 Å². The molecule has 1 saturated heterocycles. The van der Waals surface area contributed by atoms with E-state index >= 15 is 0 Å². The van der Waals surface area contributed by atoms with Crippen LogP contribution >= 0.6 is 0 Å². The summed E-state index contributed by atoms with van der Waals surface area (Å²) < 4.78 is 17.6. The van der Waals surface area contributed by atoms with Crippen LogP contribution in [0, 0.1) is 0 Å². The highest BCUT2D eigenvalue weighted by atomic mass is 16.5. The van der Waals surface area contributed by atoms with Crippen LogP contribution in [0.4, 0.5) is 5.69 Å². The first-order chi connectivity index (χ1) is 17.1. The molecule has 3 N–H and O–H groups in total. The minimum absolute atomic E-state index is 0.375. The van der Waals surface area contributed by atoms with Crippen molar-refractivity contribution in [1.29, 1.82) is 0 Å². The van der Waals surface area contributed by atoms with Crippen molar-refractivity contribution >= 4 is 22.6 Å². The van der Waals surface area contributed by atoms with Gasteiger partial charge in [0, 0.05) is 69.7 Å². The molecule has 186 valence electrons. The van der Waals surface area contributed by atoms with E-state index in [2.05, 4.69) is 31.3 Å². The number of methoxy groups -OCH3 is 1. The van der Waals surface area contributed by atoms with E-state index < -0.39 is 0 Å². The number of rotatable bonds is 10. The van der Waals surface area contributed by atoms with Crippen molar-refractivity contribution in [2.45, 2.75) is 6.42 Å². The van der Waals surface area contributed by atoms with Gasteiger partial charge in [-0.05, 0) is 24.6 Å². The van der Waals surface area contributed by atoms with Gasteiger partial charge in [-0.1, -0.05) is 6.08 Å². The van der Waals surface area contributed by atoms with Crippen LogP contribution in [0.15, 0.2) is 54.3 Å². The minimum atomic E-state index is 0.375. The standard InChI is InChI=1S/C26H34N6O3/c1-4-8-31-10-12-32(13-11-31)9-5-14-34-24-17-22(27)21(16-23(24)33-3)26(28-2)35-20-15-19-6-7-29-25(19)30-18-20/h4,6-7,15-18H,1,5,8-14,27H2,2-3H3,(H,29,30). The summed E-state index contributed by atoms with van der Waals surface area (Å²) in [7, 11) is 3.27. The summed E-state index contributed by atoms with van der Waals surface area (Å²) in [6, 6.07) is 7.40. The van der Waals surface area contributed by atoms with Crippen molar-refractivity contribution < 1.29 is 14.2 Å². The van der Waals surface area contributed by atoms with Crippen LogP contribution in [-0.4, -0.2) is 85.7 Å². The zero-order chi connectivity index (χ0) is 24.6. The Kier molecular flexibility index (Phi) is 8.23. The van der Waals surface area contributed by atoms with Crippen LogP contribution in [0.1, 0.15) is 12.0 Å². The van der Waals surface area contributed by atoms with Crippen LogP contribution in [0.25, 0.3) is 11.0 Å². The SMILES string of the molecule is C=CCN1CCN(CCCOc2cc(N)c(C(=NC)Oc3cnc4[nH]ccc4c3)cc2OC)CC1. The number of aromatic amines is 1. The monoisotopic (exact) mass is 478 g/mol. The fourth-order valence-electron chi connectivity index (χ4n) is 4.19. The Morgan fingerprint density at radius 2 is 2.00 bits per heavy atom. The van der Waals surface area contributed by atoms with Gasteiger partial charge in [0.1, 0.15) is 11.4 Å². The number of nitrogens with two attached hydrogens (primary N) is 1. The normalized spacial score (nSPS) is 15.3. The van der Waals surface area contributed by atoms with E-state index in [1.807, 2.05) is 24.4 Å². The Bertz CT molecular complexity index is 1170. The molecule has 0 saturated carbocycles. The summed E-state index contributed by atoms with van der Waals surface area (Å²) in [6.45, 7) is 10.7. The lowest BCUT2D eigenvalue weighted by molar-refractivity contribution is 0.135. The number of piperazine rings is 1. The number of hydrogen-bond acceptors (Lipinski definition) is 8. The molecule has 1 aromatic carbocycles. The van der Waals surface area contributed by atoms with Crippen LogP contribution < -0.4 is 19.9 Å². The summed E-state index contributed by atoms with van der Waals surface area (Å²) in [4.78, 5) is 16.6. The number of fused-ring (bicyclic) bond motifs is 1. The highest BCUT2D eigenvalue weighted by molar-refractivity contribution is 6.01. The van der Waals surface area contributed by atoms with Gasteiger partial charge >= 0.3 is 0 Å². The van der Waals surface area contributed by atoms with Gasteiger partial charge in [0.15, 0.2) is 11.5 Å². The Hall–Kier alpha value is -3.56. The molecule has 0 bridgehead atoms. The van der Waals surface area contributed by atoms with Gasteiger partial charge < -0.3 is 29.8 Å². The van der Waals surface area contributed by atoms with Crippen LogP contribution in [0.5, 0.6) is 17.2 Å². The Morgan fingerprint density at radius 1 is 1.20 bits per heavy atom. The zero-order valence-corrected chi connectivity index (χ0v) is 20.5. The maximum absolute atomic E-state index is 6.37. The fraction of sp³-hybridized carbons (Fsp3) is 0.385. The van der Waals surface area contributed by atoms with Gasteiger partial charge in [0.05, 0.1) is 25.5 Å². The molecule has 0 atom stereocenters. The second-order valence-electron chi connectivity index (χ2n) is 8.44. The summed E-state index contributed by atoms with van der Waals surface area (Å²) in [6.07, 6.45) is 6.37. The smallest absolute Gasteiger partial charge is 0.224 e. The van der Waals surface area contributed by atoms with E-state index in [1.54, 1.807) is 32.5 Å². The average molecular weight is 479 g/mol. The van der Waals surface area contributed by atoms with E-state index in [0.29, 0.717) is 41.0 Å². The first kappa shape index (κ1) is 24.6. The second-order valence-corrected chi connectivity index (χ2v) is 8.44. The lowest BCUT2D eigenvalue weighted by Gasteiger charge is -2.34. The molecule has 0 amide bonds. The van der Waals surface area contributed by atoms with Crippen molar-refractivity contribution in [3.05, 3.63) is 54.9 Å². The summed E-state index contributed by atoms with van der Waals surface area (Å²) in [5.41, 5.74) is 8.29. The van der Waals surface area contributed by atoms with Crippen LogP contribution in [0.2, 0.25) is 0 Å². The number of H-pyrrole nitrogens is 1. The maximum Gasteiger partial charge on any atom is 0.224 e. The van der Waals surface area contributed by atoms with Gasteiger partial charge in [-0.15, -0.1) is 6.58 Å². The number of aromatic nitrogens is 2. The predicted octanol–water partition coefficient (Wildman–Crippen LogP) is 3.18. The summed E-state index contributed by atoms with van der Waals surface area (Å²) in [5, 5.41) is 0.950. The van der Waals surface area contributed by atoms with Crippen LogP contribution in [0.3, 0.4) is 0 Å². The fourth-order valence-corrected chi connectivity index (χ4v) is 4.19. The quantitative estimate of drug-likeness (QED) is 0.152. The molecule has 3 heterocycles. The number of aliphatic imine (C=N–C) groups is 1. The minimum Gasteiger partial charge on any atom is -0.493 e. The van der Waals surface area contributed by atoms with Gasteiger partial charge in [0.25, 0.3) is 0 Å². The van der Waals surface area contributed by atoms with Crippen molar-refractivity contribution in [1.82, 2.24) is 19.8 Å². The highest BCUT2D eigenvalue weighted by Crippen LogP contribution is 2.33. The number of benzene rings is 1. The molecule has 35 heavy (non-hydrogen) atoms. The molecule has 9 heteroatoms. The molecule has 9 nitrogen and oxygen atoms in total. The Labute approximate surface area is 206 Å². The van der Waals surface area contributed by atoms with E-state index in [1.165, 1.54) is 0 Å². The van der Waals surface area contributed by atoms with Gasteiger partial charge in [-0.2, -0.15) is 0 Å². The third kappa shape index (κ3) is 6.12. The van der Waals surface area contributed by atoms with Crippen molar-refractivity contribution in [3.8, 4) is 17.2 Å². The third-order valence-electron chi connectivity index (χ3n) is 6.09. The number of hydrogen-bond donors (Lipinski definition) is 2. The van der Waals surface area contributed by atoms with E-state index in [0.717, 1.165) is 56.7 Å². The molecule has 4 rings (SSSR count). The number of nitrogen functional groups attached to an aromatic ring is 1. The zero-order valence-electron chi connectivity index (χ0n) is 20.5. The molecular weight excluding hydrogens is 444 g/mol. The molecule has 1 aliphatic heterocycles. The second kappa shape index (κ2) is 11.7. The molecule has 2 aromatic heterocycles.